The van der Waals surface area contributed by atoms with Crippen LogP contribution in [-0.2, 0) is 6.18 Å². The maximum absolute atomic E-state index is 14.1. The van der Waals surface area contributed by atoms with Gasteiger partial charge in [-0.15, -0.1) is 0 Å². The summed E-state index contributed by atoms with van der Waals surface area (Å²) in [7, 11) is 0. The van der Waals surface area contributed by atoms with E-state index in [1.165, 1.54) is 18.2 Å². The summed E-state index contributed by atoms with van der Waals surface area (Å²) in [6.07, 6.45) is -1.33. The zero-order valence-electron chi connectivity index (χ0n) is 18.3. The van der Waals surface area contributed by atoms with Crippen molar-refractivity contribution >= 4 is 17.5 Å². The number of carbonyl (C=O) groups is 1. The number of halogens is 3. The number of anilines is 1. The molecule has 0 unspecified atom stereocenters. The van der Waals surface area contributed by atoms with E-state index in [2.05, 4.69) is 0 Å². The Kier molecular flexibility index (Phi) is 5.22. The van der Waals surface area contributed by atoms with E-state index < -0.39 is 40.9 Å². The van der Waals surface area contributed by atoms with E-state index in [9.17, 15) is 28.5 Å². The molecule has 0 N–H and O–H groups in total. The van der Waals surface area contributed by atoms with Gasteiger partial charge < -0.3 is 4.90 Å². The fourth-order valence-electron chi connectivity index (χ4n) is 5.38. The van der Waals surface area contributed by atoms with Crippen LogP contribution in [0.25, 0.3) is 6.08 Å². The molecule has 3 aromatic carbocycles. The van der Waals surface area contributed by atoms with E-state index in [0.29, 0.717) is 11.3 Å². The molecule has 0 spiro atoms. The zero-order chi connectivity index (χ0) is 24.8. The summed E-state index contributed by atoms with van der Waals surface area (Å²) in [6, 6.07) is 22.3. The fourth-order valence-corrected chi connectivity index (χ4v) is 5.38. The molecule has 4 nitrogen and oxygen atoms in total. The molecule has 3 aromatic rings. The molecule has 0 aliphatic carbocycles. The monoisotopic (exact) mass is 469 g/mol. The zero-order valence-corrected chi connectivity index (χ0v) is 18.3. The largest absolute Gasteiger partial charge is 0.416 e. The van der Waals surface area contributed by atoms with Gasteiger partial charge in [-0.25, -0.2) is 0 Å². The summed E-state index contributed by atoms with van der Waals surface area (Å²) < 4.78 is 42.4. The van der Waals surface area contributed by atoms with E-state index in [0.717, 1.165) is 11.6 Å². The minimum Gasteiger partial charge on any atom is -0.351 e. The van der Waals surface area contributed by atoms with Gasteiger partial charge in [0.05, 0.1) is 23.7 Å². The van der Waals surface area contributed by atoms with Gasteiger partial charge in [-0.3, -0.25) is 4.79 Å². The van der Waals surface area contributed by atoms with Crippen LogP contribution in [-0.4, -0.2) is 17.9 Å². The molecule has 0 bridgehead atoms. The van der Waals surface area contributed by atoms with Gasteiger partial charge in [0.15, 0.2) is 11.2 Å². The maximum Gasteiger partial charge on any atom is 0.416 e. The van der Waals surface area contributed by atoms with Gasteiger partial charge in [-0.05, 0) is 23.3 Å². The summed E-state index contributed by atoms with van der Waals surface area (Å²) in [4.78, 5) is 15.7. The van der Waals surface area contributed by atoms with Crippen LogP contribution in [0.15, 0.2) is 84.9 Å². The molecule has 0 aromatic heterocycles. The van der Waals surface area contributed by atoms with Crippen LogP contribution in [0.2, 0.25) is 0 Å². The number of para-hydroxylation sites is 1. The second-order valence-corrected chi connectivity index (χ2v) is 8.60. The minimum absolute atomic E-state index is 0.238. The third-order valence-corrected chi connectivity index (χ3v) is 6.84. The first-order chi connectivity index (χ1) is 16.8. The van der Waals surface area contributed by atoms with Crippen LogP contribution < -0.4 is 4.90 Å². The van der Waals surface area contributed by atoms with E-state index in [1.807, 2.05) is 24.3 Å². The molecule has 35 heavy (non-hydrogen) atoms. The van der Waals surface area contributed by atoms with Gasteiger partial charge in [0.2, 0.25) is 0 Å². The van der Waals surface area contributed by atoms with Crippen molar-refractivity contribution in [3.63, 3.8) is 0 Å². The molecule has 2 heterocycles. The summed E-state index contributed by atoms with van der Waals surface area (Å²) in [6.45, 7) is 0. The molecule has 3 atom stereocenters. The summed E-state index contributed by atoms with van der Waals surface area (Å²) in [5.41, 5.74) is -1.49. The summed E-state index contributed by atoms with van der Waals surface area (Å²) in [5.74, 6) is -1.81. The first-order valence-corrected chi connectivity index (χ1v) is 11.0. The van der Waals surface area contributed by atoms with E-state index >= 15 is 0 Å². The highest BCUT2D eigenvalue weighted by Gasteiger charge is 2.64. The number of hydrogen-bond donors (Lipinski definition) is 0. The number of benzene rings is 3. The molecule has 2 aliphatic rings. The van der Waals surface area contributed by atoms with Crippen molar-refractivity contribution in [3.8, 4) is 12.1 Å². The second-order valence-electron chi connectivity index (χ2n) is 8.60. The number of alkyl halides is 3. The van der Waals surface area contributed by atoms with Crippen molar-refractivity contribution in [2.24, 2.45) is 5.41 Å². The Morgan fingerprint density at radius 3 is 2.20 bits per heavy atom. The number of carbonyl (C=O) groups excluding carboxylic acids is 1. The standard InChI is InChI=1S/C28H18F3N3O/c29-28(30,31)21-12-6-5-11-20(21)24-25(26(35)19-9-2-1-3-10-19)34-22-13-7-4-8-18(22)14-15-23(34)27(24,16-32)17-33/h1-15,23-25H/t23-,24-,25+/m1/s1. The number of ketones is 1. The normalized spacial score (nSPS) is 22.0. The van der Waals surface area contributed by atoms with Crippen molar-refractivity contribution in [2.45, 2.75) is 24.2 Å². The Morgan fingerprint density at radius 1 is 0.886 bits per heavy atom. The van der Waals surface area contributed by atoms with Crippen molar-refractivity contribution < 1.29 is 18.0 Å². The first kappa shape index (κ1) is 22.4. The van der Waals surface area contributed by atoms with Gasteiger partial charge in [0.1, 0.15) is 6.04 Å². The number of nitrogens with zero attached hydrogens (tertiary/aromatic N) is 3. The third kappa shape index (κ3) is 3.32. The molecule has 7 heteroatoms. The highest BCUT2D eigenvalue weighted by molar-refractivity contribution is 6.04. The second kappa shape index (κ2) is 8.14. The molecule has 0 saturated carbocycles. The van der Waals surface area contributed by atoms with Crippen LogP contribution in [0.3, 0.4) is 0 Å². The highest BCUT2D eigenvalue weighted by atomic mass is 19.4. The SMILES string of the molecule is N#CC1(C#N)[C@H](c2ccccc2C(F)(F)F)[C@@H](C(=O)c2ccccc2)N2c3ccccc3C=C[C@@H]21. The maximum atomic E-state index is 14.1. The van der Waals surface area contributed by atoms with Gasteiger partial charge in [-0.2, -0.15) is 23.7 Å². The molecule has 0 amide bonds. The number of nitriles is 2. The molecule has 1 fully saturated rings. The average molecular weight is 469 g/mol. The third-order valence-electron chi connectivity index (χ3n) is 6.84. The molecular weight excluding hydrogens is 451 g/mol. The van der Waals surface area contributed by atoms with Crippen LogP contribution >= 0.6 is 0 Å². The predicted molar refractivity (Wildman–Crippen MR) is 124 cm³/mol. The van der Waals surface area contributed by atoms with Crippen LogP contribution in [0.4, 0.5) is 18.9 Å². The van der Waals surface area contributed by atoms with Crippen molar-refractivity contribution in [3.05, 3.63) is 107 Å². The van der Waals surface area contributed by atoms with Crippen LogP contribution in [0.5, 0.6) is 0 Å². The quantitative estimate of drug-likeness (QED) is 0.442. The number of Topliss-reactive ketones (excluding diaryl/α,β-unsaturated/α-hetero) is 1. The van der Waals surface area contributed by atoms with Crippen molar-refractivity contribution in [1.29, 1.82) is 10.5 Å². The van der Waals surface area contributed by atoms with E-state index in [4.69, 9.17) is 0 Å². The van der Waals surface area contributed by atoms with Crippen LogP contribution in [0.1, 0.15) is 33.0 Å². The van der Waals surface area contributed by atoms with E-state index in [-0.39, 0.29) is 5.56 Å². The number of hydrogen-bond acceptors (Lipinski definition) is 4. The topological polar surface area (TPSA) is 67.9 Å². The Labute approximate surface area is 200 Å². The average Bonchev–Trinajstić information content (AvgIpc) is 3.19. The fraction of sp³-hybridized carbons (Fsp3) is 0.179. The molecule has 0 radical (unpaired) electrons. The Balaban J connectivity index is 1.84. The van der Waals surface area contributed by atoms with E-state index in [1.54, 1.807) is 59.5 Å². The van der Waals surface area contributed by atoms with Crippen molar-refractivity contribution in [2.75, 3.05) is 4.90 Å². The van der Waals surface area contributed by atoms with Gasteiger partial charge in [0, 0.05) is 17.2 Å². The number of fused-ring (bicyclic) bond motifs is 3. The van der Waals surface area contributed by atoms with Gasteiger partial charge >= 0.3 is 6.18 Å². The van der Waals surface area contributed by atoms with Gasteiger partial charge in [0.25, 0.3) is 0 Å². The molecule has 172 valence electrons. The lowest BCUT2D eigenvalue weighted by Gasteiger charge is -2.35. The first-order valence-electron chi connectivity index (χ1n) is 11.0. The molecular formula is C28H18F3N3O. The minimum atomic E-state index is -4.73. The lowest BCUT2D eigenvalue weighted by atomic mass is 9.68. The highest BCUT2D eigenvalue weighted by Crippen LogP contribution is 2.57. The Morgan fingerprint density at radius 2 is 1.51 bits per heavy atom. The van der Waals surface area contributed by atoms with Crippen LogP contribution in [0, 0.1) is 28.1 Å². The molecule has 5 rings (SSSR count). The predicted octanol–water partition coefficient (Wildman–Crippen LogP) is 5.99. The molecule has 1 saturated heterocycles. The summed E-state index contributed by atoms with van der Waals surface area (Å²) in [5, 5.41) is 20.7. The smallest absolute Gasteiger partial charge is 0.351 e. The lowest BCUT2D eigenvalue weighted by Crippen LogP contribution is -2.44. The molecule has 2 aliphatic heterocycles. The summed E-state index contributed by atoms with van der Waals surface area (Å²) >= 11 is 0. The van der Waals surface area contributed by atoms with Gasteiger partial charge in [-0.1, -0.05) is 78.9 Å². The lowest BCUT2D eigenvalue weighted by molar-refractivity contribution is -0.138. The Bertz CT molecular complexity index is 1400. The number of rotatable bonds is 3. The van der Waals surface area contributed by atoms with Crippen molar-refractivity contribution in [1.82, 2.24) is 0 Å². The Hall–Kier alpha value is -4.36.